The summed E-state index contributed by atoms with van der Waals surface area (Å²) < 4.78 is 29.3. The van der Waals surface area contributed by atoms with Gasteiger partial charge in [-0.1, -0.05) is 0 Å². The van der Waals surface area contributed by atoms with Crippen LogP contribution in [0.4, 0.5) is 11.5 Å². The first-order valence-corrected chi connectivity index (χ1v) is 9.52. The van der Waals surface area contributed by atoms with Crippen LogP contribution in [0.25, 0.3) is 0 Å². The fourth-order valence-electron chi connectivity index (χ4n) is 2.51. The van der Waals surface area contributed by atoms with E-state index < -0.39 is 10.0 Å². The van der Waals surface area contributed by atoms with Crippen LogP contribution in [0.3, 0.4) is 0 Å². The van der Waals surface area contributed by atoms with E-state index in [0.29, 0.717) is 30.3 Å². The molecule has 0 saturated heterocycles. The molecule has 0 atom stereocenters. The molecule has 0 amide bonds. The van der Waals surface area contributed by atoms with Crippen molar-refractivity contribution in [3.8, 4) is 0 Å². The summed E-state index contributed by atoms with van der Waals surface area (Å²) in [4.78, 5) is 2.17. The molecule has 0 aliphatic rings. The van der Waals surface area contributed by atoms with Crippen LogP contribution in [0.1, 0.15) is 18.3 Å². The van der Waals surface area contributed by atoms with E-state index in [-0.39, 0.29) is 11.4 Å². The van der Waals surface area contributed by atoms with Crippen molar-refractivity contribution in [1.82, 2.24) is 24.7 Å². The molecule has 0 unspecified atom stereocenters. The van der Waals surface area contributed by atoms with E-state index in [9.17, 15) is 8.42 Å². The van der Waals surface area contributed by atoms with Gasteiger partial charge in [-0.25, -0.2) is 13.1 Å². The van der Waals surface area contributed by atoms with Gasteiger partial charge in [0.25, 0.3) is 0 Å². The molecule has 0 aromatic carbocycles. The highest BCUT2D eigenvalue weighted by molar-refractivity contribution is 7.89. The van der Waals surface area contributed by atoms with Gasteiger partial charge < -0.3 is 10.2 Å². The Morgan fingerprint density at radius 2 is 1.96 bits per heavy atom. The standard InChI is InChI=1S/C15H25N7O2S/c1-6-22-12(3)15(11(2)20-22)25(23,24)18-8-7-16-14-9-13(21(4)5)10-17-19-14/h9-10,18H,6-8H2,1-5H3,(H,16,19). The van der Waals surface area contributed by atoms with E-state index in [1.807, 2.05) is 32.0 Å². The van der Waals surface area contributed by atoms with Crippen molar-refractivity contribution in [2.45, 2.75) is 32.2 Å². The van der Waals surface area contributed by atoms with Gasteiger partial charge in [0.2, 0.25) is 10.0 Å². The predicted molar refractivity (Wildman–Crippen MR) is 97.4 cm³/mol. The lowest BCUT2D eigenvalue weighted by molar-refractivity contribution is 0.580. The van der Waals surface area contributed by atoms with E-state index in [1.54, 1.807) is 24.7 Å². The summed E-state index contributed by atoms with van der Waals surface area (Å²) >= 11 is 0. The third kappa shape index (κ3) is 4.45. The van der Waals surface area contributed by atoms with E-state index in [4.69, 9.17) is 0 Å². The van der Waals surface area contributed by atoms with Crippen LogP contribution >= 0.6 is 0 Å². The summed E-state index contributed by atoms with van der Waals surface area (Å²) in [6.45, 7) is 6.64. The lowest BCUT2D eigenvalue weighted by atomic mass is 10.4. The average Bonchev–Trinajstić information content (AvgIpc) is 2.86. The largest absolute Gasteiger partial charge is 0.376 e. The van der Waals surface area contributed by atoms with E-state index >= 15 is 0 Å². The molecule has 25 heavy (non-hydrogen) atoms. The highest BCUT2D eigenvalue weighted by Crippen LogP contribution is 2.19. The molecule has 0 spiro atoms. The molecule has 0 aliphatic heterocycles. The van der Waals surface area contributed by atoms with Gasteiger partial charge in [-0.05, 0) is 20.8 Å². The van der Waals surface area contributed by atoms with Gasteiger partial charge in [0.1, 0.15) is 4.90 Å². The van der Waals surface area contributed by atoms with Crippen molar-refractivity contribution in [2.24, 2.45) is 0 Å². The Morgan fingerprint density at radius 3 is 2.56 bits per heavy atom. The lowest BCUT2D eigenvalue weighted by Gasteiger charge is -2.13. The summed E-state index contributed by atoms with van der Waals surface area (Å²) in [6.07, 6.45) is 1.66. The quantitative estimate of drug-likeness (QED) is 0.664. The molecule has 0 radical (unpaired) electrons. The van der Waals surface area contributed by atoms with Crippen LogP contribution in [0.5, 0.6) is 0 Å². The maximum Gasteiger partial charge on any atom is 0.244 e. The van der Waals surface area contributed by atoms with Gasteiger partial charge in [0, 0.05) is 39.8 Å². The minimum Gasteiger partial charge on any atom is -0.376 e. The molecule has 2 aromatic rings. The number of aryl methyl sites for hydroxylation is 2. The Bertz CT molecular complexity index is 830. The Kier molecular flexibility index (Phi) is 5.96. The minimum atomic E-state index is -3.60. The fourth-order valence-corrected chi connectivity index (χ4v) is 3.95. The number of hydrogen-bond donors (Lipinski definition) is 2. The monoisotopic (exact) mass is 367 g/mol. The molecule has 2 heterocycles. The van der Waals surface area contributed by atoms with Gasteiger partial charge in [0.15, 0.2) is 5.82 Å². The predicted octanol–water partition coefficient (Wildman–Crippen LogP) is 0.766. The number of sulfonamides is 1. The molecule has 10 heteroatoms. The molecule has 0 saturated carbocycles. The first kappa shape index (κ1) is 19.1. The highest BCUT2D eigenvalue weighted by atomic mass is 32.2. The van der Waals surface area contributed by atoms with Gasteiger partial charge >= 0.3 is 0 Å². The zero-order valence-corrected chi connectivity index (χ0v) is 16.1. The first-order chi connectivity index (χ1) is 11.8. The summed E-state index contributed by atoms with van der Waals surface area (Å²) in [6, 6.07) is 1.85. The van der Waals surface area contributed by atoms with Gasteiger partial charge in [-0.15, -0.1) is 5.10 Å². The molecule has 138 valence electrons. The molecule has 2 aromatic heterocycles. The highest BCUT2D eigenvalue weighted by Gasteiger charge is 2.23. The number of aromatic nitrogens is 4. The van der Waals surface area contributed by atoms with E-state index in [1.165, 1.54) is 0 Å². The van der Waals surface area contributed by atoms with Crippen LogP contribution in [-0.2, 0) is 16.6 Å². The maximum absolute atomic E-state index is 12.5. The molecule has 2 N–H and O–H groups in total. The second kappa shape index (κ2) is 7.79. The van der Waals surface area contributed by atoms with E-state index in [2.05, 4.69) is 25.3 Å². The topological polar surface area (TPSA) is 105 Å². The zero-order chi connectivity index (χ0) is 18.6. The second-order valence-corrected chi connectivity index (χ2v) is 7.54. The normalized spacial score (nSPS) is 11.6. The summed E-state index contributed by atoms with van der Waals surface area (Å²) in [5, 5.41) is 15.2. The van der Waals surface area contributed by atoms with Crippen LogP contribution in [0.15, 0.2) is 17.2 Å². The zero-order valence-electron chi connectivity index (χ0n) is 15.2. The summed E-state index contributed by atoms with van der Waals surface area (Å²) in [7, 11) is 0.221. The van der Waals surface area contributed by atoms with Gasteiger partial charge in [-0.3, -0.25) is 4.68 Å². The van der Waals surface area contributed by atoms with Crippen molar-refractivity contribution in [1.29, 1.82) is 0 Å². The number of rotatable bonds is 8. The summed E-state index contributed by atoms with van der Waals surface area (Å²) in [5.41, 5.74) is 2.06. The molecular formula is C15H25N7O2S. The number of hydrogen-bond acceptors (Lipinski definition) is 7. The SMILES string of the molecule is CCn1nc(C)c(S(=O)(=O)NCCNc2cc(N(C)C)cnn2)c1C. The van der Waals surface area contributed by atoms with Crippen molar-refractivity contribution >= 4 is 21.5 Å². The number of anilines is 2. The first-order valence-electron chi connectivity index (χ1n) is 8.04. The van der Waals surface area contributed by atoms with Crippen LogP contribution in [0, 0.1) is 13.8 Å². The van der Waals surface area contributed by atoms with Gasteiger partial charge in [-0.2, -0.15) is 10.2 Å². The Morgan fingerprint density at radius 1 is 1.24 bits per heavy atom. The van der Waals surface area contributed by atoms with E-state index in [0.717, 1.165) is 5.69 Å². The third-order valence-corrected chi connectivity index (χ3v) is 5.48. The smallest absolute Gasteiger partial charge is 0.244 e. The lowest BCUT2D eigenvalue weighted by Crippen LogP contribution is -2.30. The van der Waals surface area contributed by atoms with Crippen molar-refractivity contribution in [2.75, 3.05) is 37.4 Å². The Balaban J connectivity index is 1.97. The fraction of sp³-hybridized carbons (Fsp3) is 0.533. The molecule has 2 rings (SSSR count). The second-order valence-electron chi connectivity index (χ2n) is 5.83. The van der Waals surface area contributed by atoms with Crippen molar-refractivity contribution in [3.63, 3.8) is 0 Å². The number of nitrogens with one attached hydrogen (secondary N) is 2. The van der Waals surface area contributed by atoms with Crippen LogP contribution in [0.2, 0.25) is 0 Å². The summed E-state index contributed by atoms with van der Waals surface area (Å²) in [5.74, 6) is 0.594. The molecule has 0 bridgehead atoms. The van der Waals surface area contributed by atoms with Gasteiger partial charge in [0.05, 0.1) is 23.3 Å². The third-order valence-electron chi connectivity index (χ3n) is 3.76. The number of nitrogens with zero attached hydrogens (tertiary/aromatic N) is 5. The van der Waals surface area contributed by atoms with Crippen molar-refractivity contribution in [3.05, 3.63) is 23.7 Å². The molecule has 0 aliphatic carbocycles. The van der Waals surface area contributed by atoms with Crippen LogP contribution in [-0.4, -0.2) is 55.6 Å². The maximum atomic E-state index is 12.5. The molecule has 9 nitrogen and oxygen atoms in total. The Labute approximate surface area is 148 Å². The van der Waals surface area contributed by atoms with Crippen molar-refractivity contribution < 1.29 is 8.42 Å². The molecule has 0 fully saturated rings. The Hall–Kier alpha value is -2.20. The minimum absolute atomic E-state index is 0.229. The average molecular weight is 367 g/mol. The molecular weight excluding hydrogens is 342 g/mol. The van der Waals surface area contributed by atoms with Crippen LogP contribution < -0.4 is 14.9 Å².